The van der Waals surface area contributed by atoms with Crippen molar-refractivity contribution in [1.29, 1.82) is 0 Å². The molecule has 1 aromatic carbocycles. The Morgan fingerprint density at radius 3 is 2.30 bits per heavy atom. The second kappa shape index (κ2) is 10.3. The number of nitrogens with zero attached hydrogens (tertiary/aromatic N) is 2. The van der Waals surface area contributed by atoms with E-state index in [9.17, 15) is 0 Å². The molecule has 0 saturated carbocycles. The molecule has 1 saturated heterocycles. The number of benzene rings is 1. The molecule has 0 atom stereocenters. The summed E-state index contributed by atoms with van der Waals surface area (Å²) in [6.07, 6.45) is 3.66. The Balaban J connectivity index is 2.00. The summed E-state index contributed by atoms with van der Waals surface area (Å²) in [6.45, 7) is 20.9. The molecule has 1 aromatic rings. The van der Waals surface area contributed by atoms with Crippen molar-refractivity contribution < 1.29 is 9.47 Å². The van der Waals surface area contributed by atoms with Gasteiger partial charge in [-0.1, -0.05) is 38.4 Å². The van der Waals surface area contributed by atoms with Gasteiger partial charge in [-0.2, -0.15) is 0 Å². The summed E-state index contributed by atoms with van der Waals surface area (Å²) in [5.74, 6) is 1.10. The van der Waals surface area contributed by atoms with E-state index in [4.69, 9.17) is 9.47 Å². The van der Waals surface area contributed by atoms with Gasteiger partial charge < -0.3 is 19.7 Å². The van der Waals surface area contributed by atoms with Gasteiger partial charge in [0.25, 0.3) is 0 Å². The third kappa shape index (κ3) is 6.55. The molecule has 0 radical (unpaired) electrons. The van der Waals surface area contributed by atoms with E-state index >= 15 is 0 Å². The maximum absolute atomic E-state index is 5.56. The minimum atomic E-state index is 0.501. The van der Waals surface area contributed by atoms with Crippen LogP contribution in [0, 0.1) is 0 Å². The molecule has 0 bridgehead atoms. The van der Waals surface area contributed by atoms with Crippen molar-refractivity contribution in [2.75, 3.05) is 32.2 Å². The van der Waals surface area contributed by atoms with Crippen molar-refractivity contribution in [2.24, 2.45) is 4.99 Å². The first-order chi connectivity index (χ1) is 14.2. The van der Waals surface area contributed by atoms with Gasteiger partial charge in [-0.25, -0.2) is 0 Å². The van der Waals surface area contributed by atoms with E-state index in [1.165, 1.54) is 0 Å². The summed E-state index contributed by atoms with van der Waals surface area (Å²) in [5.41, 5.74) is 5.90. The lowest BCUT2D eigenvalue weighted by molar-refractivity contribution is 0.0605. The third-order valence-electron chi connectivity index (χ3n) is 4.43. The fourth-order valence-electron chi connectivity index (χ4n) is 2.74. The van der Waals surface area contributed by atoms with Gasteiger partial charge in [-0.05, 0) is 49.3 Å². The van der Waals surface area contributed by atoms with E-state index in [1.54, 1.807) is 6.08 Å². The van der Waals surface area contributed by atoms with Crippen molar-refractivity contribution in [1.82, 2.24) is 5.32 Å². The predicted molar refractivity (Wildman–Crippen MR) is 127 cm³/mol. The van der Waals surface area contributed by atoms with Crippen molar-refractivity contribution in [3.8, 4) is 0 Å². The Labute approximate surface area is 180 Å². The SMILES string of the molecule is C=C(/C=C(\C)N=C(C)C(=C)/C=C1/OCCOC1=C)NC(=C)c1ccc(N(C)C)cc1. The zero-order valence-electron chi connectivity index (χ0n) is 18.4. The summed E-state index contributed by atoms with van der Waals surface area (Å²) < 4.78 is 10.9. The van der Waals surface area contributed by atoms with Crippen LogP contribution in [-0.2, 0) is 9.47 Å². The van der Waals surface area contributed by atoms with Gasteiger partial charge in [0.1, 0.15) is 13.2 Å². The van der Waals surface area contributed by atoms with Crippen molar-refractivity contribution in [2.45, 2.75) is 13.8 Å². The molecule has 1 aliphatic rings. The minimum Gasteiger partial charge on any atom is -0.487 e. The fourth-order valence-corrected chi connectivity index (χ4v) is 2.74. The van der Waals surface area contributed by atoms with Crippen LogP contribution in [0.25, 0.3) is 5.70 Å². The lowest BCUT2D eigenvalue weighted by Crippen LogP contribution is -2.13. The number of aliphatic imine (C=N–C) groups is 1. The molecule has 1 fully saturated rings. The summed E-state index contributed by atoms with van der Waals surface area (Å²) in [6, 6.07) is 8.16. The molecule has 0 aromatic heterocycles. The van der Waals surface area contributed by atoms with Gasteiger partial charge in [-0.3, -0.25) is 4.99 Å². The Morgan fingerprint density at radius 2 is 1.70 bits per heavy atom. The Hall–Kier alpha value is -3.47. The molecule has 158 valence electrons. The van der Waals surface area contributed by atoms with Crippen LogP contribution in [0.2, 0.25) is 0 Å². The normalized spacial score (nSPS) is 15.9. The van der Waals surface area contributed by atoms with Crippen molar-refractivity contribution in [3.63, 3.8) is 0 Å². The van der Waals surface area contributed by atoms with Gasteiger partial charge in [0.2, 0.25) is 0 Å². The van der Waals surface area contributed by atoms with Crippen LogP contribution < -0.4 is 10.2 Å². The summed E-state index contributed by atoms with van der Waals surface area (Å²) in [4.78, 5) is 6.64. The lowest BCUT2D eigenvalue weighted by Gasteiger charge is -2.19. The standard InChI is InChI=1S/C25H31N3O2/c1-17(15-25-22(6)29-13-14-30-25)20(4)26-18(2)16-19(3)27-21(5)23-9-11-24(12-10-23)28(7)8/h9-12,15-16,27H,1,3,5-6,13-14H2,2,4,7-8H3/b18-16+,25-15+,26-20?. The zero-order chi connectivity index (χ0) is 22.3. The number of nitrogens with one attached hydrogen (secondary N) is 1. The van der Waals surface area contributed by atoms with Crippen LogP contribution in [0.15, 0.2) is 96.2 Å². The molecule has 5 nitrogen and oxygen atoms in total. The molecule has 1 heterocycles. The molecule has 1 N–H and O–H groups in total. The molecule has 1 aliphatic heterocycles. The molecule has 0 amide bonds. The van der Waals surface area contributed by atoms with E-state index in [1.807, 2.05) is 46.2 Å². The average molecular weight is 406 g/mol. The van der Waals surface area contributed by atoms with E-state index in [2.05, 4.69) is 53.7 Å². The highest BCUT2D eigenvalue weighted by molar-refractivity contribution is 6.00. The lowest BCUT2D eigenvalue weighted by atomic mass is 10.1. The maximum atomic E-state index is 5.56. The second-order valence-electron chi connectivity index (χ2n) is 7.21. The molecule has 0 aliphatic carbocycles. The topological polar surface area (TPSA) is 46.1 Å². The molecule has 30 heavy (non-hydrogen) atoms. The van der Waals surface area contributed by atoms with Crippen molar-refractivity contribution >= 4 is 17.1 Å². The summed E-state index contributed by atoms with van der Waals surface area (Å²) in [7, 11) is 4.02. The molecule has 5 heteroatoms. The number of hydrogen-bond acceptors (Lipinski definition) is 5. The van der Waals surface area contributed by atoms with Crippen LogP contribution >= 0.6 is 0 Å². The summed E-state index contributed by atoms with van der Waals surface area (Å²) in [5, 5.41) is 3.22. The first-order valence-corrected chi connectivity index (χ1v) is 9.69. The molecular weight excluding hydrogens is 374 g/mol. The van der Waals surface area contributed by atoms with Gasteiger partial charge in [0.15, 0.2) is 11.5 Å². The average Bonchev–Trinajstić information content (AvgIpc) is 2.69. The largest absolute Gasteiger partial charge is 0.487 e. The Kier molecular flexibility index (Phi) is 7.87. The Bertz CT molecular complexity index is 932. The predicted octanol–water partition coefficient (Wildman–Crippen LogP) is 5.19. The number of allylic oxidation sites excluding steroid dienone is 4. The van der Waals surface area contributed by atoms with E-state index in [0.717, 1.165) is 33.9 Å². The van der Waals surface area contributed by atoms with Crippen molar-refractivity contribution in [3.05, 3.63) is 96.8 Å². The highest BCUT2D eigenvalue weighted by Gasteiger charge is 2.12. The van der Waals surface area contributed by atoms with Crippen LogP contribution in [0.4, 0.5) is 5.69 Å². The molecule has 0 spiro atoms. The number of hydrogen-bond donors (Lipinski definition) is 1. The fraction of sp³-hybridized carbons (Fsp3) is 0.240. The van der Waals surface area contributed by atoms with Gasteiger partial charge in [-0.15, -0.1) is 0 Å². The number of rotatable bonds is 8. The smallest absolute Gasteiger partial charge is 0.161 e. The minimum absolute atomic E-state index is 0.501. The van der Waals surface area contributed by atoms with Crippen LogP contribution in [-0.4, -0.2) is 33.0 Å². The first kappa shape index (κ1) is 22.8. The van der Waals surface area contributed by atoms with E-state index in [-0.39, 0.29) is 0 Å². The first-order valence-electron chi connectivity index (χ1n) is 9.69. The highest BCUT2D eigenvalue weighted by atomic mass is 16.6. The molecule has 0 unspecified atom stereocenters. The Morgan fingerprint density at radius 1 is 1.07 bits per heavy atom. The van der Waals surface area contributed by atoms with Gasteiger partial charge in [0.05, 0.1) is 0 Å². The monoisotopic (exact) mass is 405 g/mol. The number of ether oxygens (including phenoxy) is 2. The quantitative estimate of drug-likeness (QED) is 0.477. The summed E-state index contributed by atoms with van der Waals surface area (Å²) >= 11 is 0. The maximum Gasteiger partial charge on any atom is 0.161 e. The molecular formula is C25H31N3O2. The van der Waals surface area contributed by atoms with Crippen LogP contribution in [0.5, 0.6) is 0 Å². The van der Waals surface area contributed by atoms with Gasteiger partial charge in [0, 0.05) is 42.6 Å². The highest BCUT2D eigenvalue weighted by Crippen LogP contribution is 2.19. The van der Waals surface area contributed by atoms with Crippen LogP contribution in [0.3, 0.4) is 0 Å². The molecule has 2 rings (SSSR count). The van der Waals surface area contributed by atoms with E-state index < -0.39 is 0 Å². The zero-order valence-corrected chi connectivity index (χ0v) is 18.4. The van der Waals surface area contributed by atoms with Gasteiger partial charge >= 0.3 is 0 Å². The van der Waals surface area contributed by atoms with E-state index in [0.29, 0.717) is 30.4 Å². The van der Waals surface area contributed by atoms with Crippen LogP contribution in [0.1, 0.15) is 19.4 Å². The number of anilines is 1. The second-order valence-corrected chi connectivity index (χ2v) is 7.21. The third-order valence-corrected chi connectivity index (χ3v) is 4.43.